The number of hydrogen-bond acceptors (Lipinski definition) is 6. The number of alkyl halides is 3. The summed E-state index contributed by atoms with van der Waals surface area (Å²) in [6.07, 6.45) is -4.56. The fourth-order valence-corrected chi connectivity index (χ4v) is 4.30. The molecule has 0 fully saturated rings. The fourth-order valence-electron chi connectivity index (χ4n) is 3.45. The van der Waals surface area contributed by atoms with E-state index in [-0.39, 0.29) is 22.0 Å². The van der Waals surface area contributed by atoms with Gasteiger partial charge in [-0.3, -0.25) is 14.4 Å². The number of carbonyl (C=O) groups excluding carboxylic acids is 3. The molecule has 2 N–H and O–H groups in total. The van der Waals surface area contributed by atoms with E-state index in [1.165, 1.54) is 12.1 Å². The highest BCUT2D eigenvalue weighted by atomic mass is 32.2. The zero-order chi connectivity index (χ0) is 24.9. The number of hydrogen-bond donors (Lipinski definition) is 2. The lowest BCUT2D eigenvalue weighted by Gasteiger charge is -2.30. The molecular weight excluding hydrogens is 471 g/mol. The van der Waals surface area contributed by atoms with E-state index in [0.29, 0.717) is 5.56 Å². The summed E-state index contributed by atoms with van der Waals surface area (Å²) in [7, 11) is 1.13. The van der Waals surface area contributed by atoms with E-state index in [1.54, 1.807) is 30.3 Å². The average molecular weight is 489 g/mol. The third-order valence-corrected chi connectivity index (χ3v) is 5.98. The van der Waals surface area contributed by atoms with E-state index in [2.05, 4.69) is 10.6 Å². The summed E-state index contributed by atoms with van der Waals surface area (Å²) in [5.41, 5.74) is -0.351. The molecule has 34 heavy (non-hydrogen) atoms. The van der Waals surface area contributed by atoms with Gasteiger partial charge in [0.1, 0.15) is 5.92 Å². The minimum absolute atomic E-state index is 0.0458. The highest BCUT2D eigenvalue weighted by Gasteiger charge is 2.44. The second-order valence-corrected chi connectivity index (χ2v) is 8.13. The maximum Gasteiger partial charge on any atom is 0.416 e. The summed E-state index contributed by atoms with van der Waals surface area (Å²) < 4.78 is 43.4. The van der Waals surface area contributed by atoms with Gasteiger partial charge in [0.2, 0.25) is 11.8 Å². The van der Waals surface area contributed by atoms with Crippen molar-refractivity contribution in [2.45, 2.75) is 12.1 Å². The van der Waals surface area contributed by atoms with Crippen molar-refractivity contribution in [1.82, 2.24) is 5.32 Å². The topological polar surface area (TPSA) is 108 Å². The molecule has 0 unspecified atom stereocenters. The van der Waals surface area contributed by atoms with Crippen LogP contribution in [0.3, 0.4) is 0 Å². The van der Waals surface area contributed by atoms with E-state index < -0.39 is 41.4 Å². The Morgan fingerprint density at radius 1 is 1.18 bits per heavy atom. The van der Waals surface area contributed by atoms with Crippen LogP contribution in [0.2, 0.25) is 0 Å². The lowest BCUT2D eigenvalue weighted by molar-refractivity contribution is -0.150. The van der Waals surface area contributed by atoms with Crippen LogP contribution in [0.15, 0.2) is 65.2 Å². The molecule has 2 atom stereocenters. The van der Waals surface area contributed by atoms with Crippen LogP contribution >= 0.6 is 11.8 Å². The predicted molar refractivity (Wildman–Crippen MR) is 118 cm³/mol. The Hall–Kier alpha value is -3.78. The van der Waals surface area contributed by atoms with E-state index in [1.807, 2.05) is 6.07 Å². The molecule has 0 radical (unpaired) electrons. The molecule has 1 aliphatic rings. The number of rotatable bonds is 6. The van der Waals surface area contributed by atoms with Gasteiger partial charge in [-0.25, -0.2) is 0 Å². The smallest absolute Gasteiger partial charge is 0.416 e. The summed E-state index contributed by atoms with van der Waals surface area (Å²) in [5, 5.41) is 14.8. The van der Waals surface area contributed by atoms with Gasteiger partial charge in [-0.05, 0) is 23.8 Å². The number of nitrogens with one attached hydrogen (secondary N) is 2. The van der Waals surface area contributed by atoms with Crippen LogP contribution in [0, 0.1) is 17.2 Å². The zero-order valence-electron chi connectivity index (χ0n) is 17.7. The molecule has 7 nitrogen and oxygen atoms in total. The Morgan fingerprint density at radius 2 is 1.88 bits per heavy atom. The largest absolute Gasteiger partial charge is 0.468 e. The van der Waals surface area contributed by atoms with Crippen LogP contribution in [0.4, 0.5) is 18.9 Å². The van der Waals surface area contributed by atoms with Crippen molar-refractivity contribution in [1.29, 1.82) is 5.26 Å². The van der Waals surface area contributed by atoms with Crippen molar-refractivity contribution in [2.24, 2.45) is 5.92 Å². The number of nitriles is 1. The number of thioether (sulfide) groups is 1. The molecule has 2 aromatic rings. The van der Waals surface area contributed by atoms with Crippen LogP contribution in [-0.2, 0) is 25.3 Å². The van der Waals surface area contributed by atoms with Gasteiger partial charge in [0, 0.05) is 11.6 Å². The van der Waals surface area contributed by atoms with Crippen molar-refractivity contribution in [2.75, 3.05) is 18.2 Å². The van der Waals surface area contributed by atoms with Gasteiger partial charge >= 0.3 is 12.1 Å². The number of esters is 1. The van der Waals surface area contributed by atoms with Crippen LogP contribution in [0.5, 0.6) is 0 Å². The Kier molecular flexibility index (Phi) is 7.63. The number of halogens is 3. The number of benzene rings is 2. The van der Waals surface area contributed by atoms with Crippen LogP contribution < -0.4 is 10.6 Å². The van der Waals surface area contributed by atoms with Gasteiger partial charge in [0.05, 0.1) is 35.1 Å². The molecule has 0 aliphatic carbocycles. The molecule has 1 aliphatic heterocycles. The molecule has 176 valence electrons. The first-order valence-corrected chi connectivity index (χ1v) is 10.8. The van der Waals surface area contributed by atoms with Gasteiger partial charge in [-0.15, -0.1) is 0 Å². The average Bonchev–Trinajstić information content (AvgIpc) is 2.82. The second-order valence-electron chi connectivity index (χ2n) is 7.15. The normalized spacial score (nSPS) is 18.0. The van der Waals surface area contributed by atoms with E-state index in [4.69, 9.17) is 4.74 Å². The number of anilines is 1. The molecule has 0 spiro atoms. The first-order chi connectivity index (χ1) is 16.2. The predicted octanol–water partition coefficient (Wildman–Crippen LogP) is 3.82. The minimum atomic E-state index is -4.56. The van der Waals surface area contributed by atoms with Crippen LogP contribution in [0.25, 0.3) is 0 Å². The highest BCUT2D eigenvalue weighted by molar-refractivity contribution is 8.03. The summed E-state index contributed by atoms with van der Waals surface area (Å²) >= 11 is 0.829. The highest BCUT2D eigenvalue weighted by Crippen LogP contribution is 2.40. The molecule has 0 bridgehead atoms. The lowest BCUT2D eigenvalue weighted by atomic mass is 9.78. The molecule has 0 saturated carbocycles. The number of allylic oxidation sites excluding steroid dienone is 1. The van der Waals surface area contributed by atoms with Crippen LogP contribution in [0.1, 0.15) is 17.0 Å². The second kappa shape index (κ2) is 10.4. The zero-order valence-corrected chi connectivity index (χ0v) is 18.5. The molecule has 2 aromatic carbocycles. The molecule has 1 heterocycles. The molecule has 11 heteroatoms. The molecule has 2 amide bonds. The Labute approximate surface area is 197 Å². The SMILES string of the molecule is COC(=O)[C@@H]1C(=O)NC(SCC(=O)Nc2cccc(C(F)(F)F)c2)=C(C#N)[C@H]1c1ccccc1. The molecule has 0 saturated heterocycles. The molecule has 3 rings (SSSR count). The summed E-state index contributed by atoms with van der Waals surface area (Å²) in [4.78, 5) is 37.4. The monoisotopic (exact) mass is 489 g/mol. The van der Waals surface area contributed by atoms with Gasteiger partial charge in [-0.1, -0.05) is 48.2 Å². The Bertz CT molecular complexity index is 1180. The van der Waals surface area contributed by atoms with Gasteiger partial charge in [0.25, 0.3) is 0 Å². The summed E-state index contributed by atoms with van der Waals surface area (Å²) in [6.45, 7) is 0. The van der Waals surface area contributed by atoms with Crippen molar-refractivity contribution in [3.63, 3.8) is 0 Å². The minimum Gasteiger partial charge on any atom is -0.468 e. The van der Waals surface area contributed by atoms with Crippen molar-refractivity contribution in [3.05, 3.63) is 76.3 Å². The Morgan fingerprint density at radius 3 is 2.50 bits per heavy atom. The fraction of sp³-hybridized carbons (Fsp3) is 0.217. The van der Waals surface area contributed by atoms with E-state index >= 15 is 0 Å². The number of ether oxygens (including phenoxy) is 1. The number of amides is 2. The first-order valence-electron chi connectivity index (χ1n) is 9.83. The van der Waals surface area contributed by atoms with E-state index in [0.717, 1.165) is 31.0 Å². The Balaban J connectivity index is 1.83. The van der Waals surface area contributed by atoms with Crippen molar-refractivity contribution < 1.29 is 32.3 Å². The van der Waals surface area contributed by atoms with E-state index in [9.17, 15) is 32.8 Å². The lowest BCUT2D eigenvalue weighted by Crippen LogP contribution is -2.44. The third-order valence-electron chi connectivity index (χ3n) is 4.96. The number of methoxy groups -OCH3 is 1. The summed E-state index contributed by atoms with van der Waals surface area (Å²) in [5.74, 6) is -4.69. The van der Waals surface area contributed by atoms with Crippen molar-refractivity contribution >= 4 is 35.2 Å². The molecule has 0 aromatic heterocycles. The summed E-state index contributed by atoms with van der Waals surface area (Å²) in [6, 6.07) is 14.6. The number of carbonyl (C=O) groups is 3. The van der Waals surface area contributed by atoms with Gasteiger partial charge < -0.3 is 15.4 Å². The number of nitrogens with zero attached hydrogens (tertiary/aromatic N) is 1. The quantitative estimate of drug-likeness (QED) is 0.472. The standard InChI is InChI=1S/C23H18F3N3O4S/c1-33-22(32)19-18(13-6-3-2-4-7-13)16(11-27)21(29-20(19)31)34-12-17(30)28-15-9-5-8-14(10-15)23(24,25)26/h2-10,18-19H,12H2,1H3,(H,28,30)(H,29,31)/t18-,19+/m1/s1. The maximum absolute atomic E-state index is 12.9. The molecular formula is C23H18F3N3O4S. The maximum atomic E-state index is 12.9. The van der Waals surface area contributed by atoms with Crippen LogP contribution in [-0.4, -0.2) is 30.6 Å². The third kappa shape index (κ3) is 5.58. The van der Waals surface area contributed by atoms with Gasteiger partial charge in [-0.2, -0.15) is 18.4 Å². The van der Waals surface area contributed by atoms with Crippen molar-refractivity contribution in [3.8, 4) is 6.07 Å². The van der Waals surface area contributed by atoms with Gasteiger partial charge in [0.15, 0.2) is 0 Å². The first kappa shape index (κ1) is 24.9.